The van der Waals surface area contributed by atoms with E-state index in [2.05, 4.69) is 19.6 Å². The Kier molecular flexibility index (Phi) is 4.51. The molecule has 23 heavy (non-hydrogen) atoms. The van der Waals surface area contributed by atoms with Crippen LogP contribution in [0.2, 0.25) is 0 Å². The van der Waals surface area contributed by atoms with Gasteiger partial charge in [-0.25, -0.2) is 4.39 Å². The van der Waals surface area contributed by atoms with Crippen molar-refractivity contribution in [3.63, 3.8) is 0 Å². The van der Waals surface area contributed by atoms with Crippen molar-refractivity contribution in [3.8, 4) is 11.1 Å². The fourth-order valence-corrected chi connectivity index (χ4v) is 3.60. The highest BCUT2D eigenvalue weighted by atomic mass is 19.1. The molecule has 0 aliphatic heterocycles. The summed E-state index contributed by atoms with van der Waals surface area (Å²) < 4.78 is 14.6. The minimum Gasteiger partial charge on any atom is -0.399 e. The number of anilines is 1. The molecule has 0 atom stereocenters. The fraction of sp³-hybridized carbons (Fsp3) is 0.333. The molecule has 0 bridgehead atoms. The van der Waals surface area contributed by atoms with Crippen LogP contribution in [0.15, 0.2) is 54.6 Å². The number of benzene rings is 2. The van der Waals surface area contributed by atoms with Crippen molar-refractivity contribution in [3.05, 3.63) is 66.0 Å². The average molecular weight is 309 g/mol. The maximum atomic E-state index is 14.6. The van der Waals surface area contributed by atoms with Gasteiger partial charge >= 0.3 is 0 Å². The van der Waals surface area contributed by atoms with Gasteiger partial charge in [0, 0.05) is 11.3 Å². The Morgan fingerprint density at radius 2 is 1.70 bits per heavy atom. The molecule has 3 rings (SSSR count). The lowest BCUT2D eigenvalue weighted by Gasteiger charge is -2.29. The SMILES string of the molecule is C=C(C)C1CCC(c2ccc(-c3ccc(N)cc3)c(F)c2)CC1. The maximum absolute atomic E-state index is 14.6. The zero-order chi connectivity index (χ0) is 16.4. The highest BCUT2D eigenvalue weighted by Gasteiger charge is 2.23. The third kappa shape index (κ3) is 3.47. The van der Waals surface area contributed by atoms with Gasteiger partial charge in [-0.2, -0.15) is 0 Å². The Morgan fingerprint density at radius 1 is 1.04 bits per heavy atom. The fourth-order valence-electron chi connectivity index (χ4n) is 3.60. The van der Waals surface area contributed by atoms with Crippen LogP contribution in [0.5, 0.6) is 0 Å². The molecule has 1 aliphatic rings. The molecular formula is C21H24FN. The van der Waals surface area contributed by atoms with Crippen molar-refractivity contribution in [2.45, 2.75) is 38.5 Å². The van der Waals surface area contributed by atoms with Gasteiger partial charge in [0.1, 0.15) is 5.82 Å². The summed E-state index contributed by atoms with van der Waals surface area (Å²) >= 11 is 0. The number of rotatable bonds is 3. The van der Waals surface area contributed by atoms with E-state index in [1.54, 1.807) is 6.07 Å². The number of halogens is 1. The standard InChI is InChI=1S/C21H24FN/c1-14(2)15-3-5-16(6-4-15)18-9-12-20(21(22)13-18)17-7-10-19(23)11-8-17/h7-13,15-16H,1,3-6,23H2,2H3. The molecule has 0 aromatic heterocycles. The summed E-state index contributed by atoms with van der Waals surface area (Å²) in [6.45, 7) is 6.19. The molecule has 2 N–H and O–H groups in total. The summed E-state index contributed by atoms with van der Waals surface area (Å²) in [6, 6.07) is 13.1. The van der Waals surface area contributed by atoms with Gasteiger partial charge < -0.3 is 5.73 Å². The van der Waals surface area contributed by atoms with Crippen LogP contribution in [0.3, 0.4) is 0 Å². The predicted octanol–water partition coefficient (Wildman–Crippen LogP) is 5.92. The highest BCUT2D eigenvalue weighted by molar-refractivity contribution is 5.66. The Bertz CT molecular complexity index is 694. The number of hydrogen-bond acceptors (Lipinski definition) is 1. The Balaban J connectivity index is 1.77. The summed E-state index contributed by atoms with van der Waals surface area (Å²) in [4.78, 5) is 0. The topological polar surface area (TPSA) is 26.0 Å². The Morgan fingerprint density at radius 3 is 2.26 bits per heavy atom. The molecule has 1 saturated carbocycles. The first-order chi connectivity index (χ1) is 11.0. The second-order valence-corrected chi connectivity index (χ2v) is 6.76. The van der Waals surface area contributed by atoms with Crippen LogP contribution >= 0.6 is 0 Å². The summed E-state index contributed by atoms with van der Waals surface area (Å²) in [5.41, 5.74) is 10.3. The number of allylic oxidation sites excluding steroid dienone is 1. The van der Waals surface area contributed by atoms with E-state index in [0.29, 0.717) is 23.1 Å². The first-order valence-corrected chi connectivity index (χ1v) is 8.35. The van der Waals surface area contributed by atoms with Crippen molar-refractivity contribution in [1.29, 1.82) is 0 Å². The summed E-state index contributed by atoms with van der Waals surface area (Å²) in [7, 11) is 0. The van der Waals surface area contributed by atoms with Crippen LogP contribution in [0.25, 0.3) is 11.1 Å². The van der Waals surface area contributed by atoms with Gasteiger partial charge in [0.25, 0.3) is 0 Å². The molecule has 0 spiro atoms. The molecule has 2 aromatic rings. The van der Waals surface area contributed by atoms with Crippen LogP contribution in [-0.2, 0) is 0 Å². The second-order valence-electron chi connectivity index (χ2n) is 6.76. The molecule has 0 heterocycles. The lowest BCUT2D eigenvalue weighted by molar-refractivity contribution is 0.363. The molecular weight excluding hydrogens is 285 g/mol. The zero-order valence-electron chi connectivity index (χ0n) is 13.7. The van der Waals surface area contributed by atoms with E-state index in [-0.39, 0.29) is 5.82 Å². The van der Waals surface area contributed by atoms with Gasteiger partial charge in [-0.1, -0.05) is 36.4 Å². The molecule has 0 amide bonds. The second kappa shape index (κ2) is 6.57. The van der Waals surface area contributed by atoms with Gasteiger partial charge in [0.2, 0.25) is 0 Å². The molecule has 2 heteroatoms. The molecule has 0 unspecified atom stereocenters. The molecule has 1 nitrogen and oxygen atoms in total. The van der Waals surface area contributed by atoms with Crippen LogP contribution in [0.1, 0.15) is 44.1 Å². The summed E-state index contributed by atoms with van der Waals surface area (Å²) in [5.74, 6) is 0.972. The van der Waals surface area contributed by atoms with Crippen LogP contribution in [-0.4, -0.2) is 0 Å². The van der Waals surface area contributed by atoms with Crippen LogP contribution in [0.4, 0.5) is 10.1 Å². The molecule has 0 radical (unpaired) electrons. The molecule has 120 valence electrons. The smallest absolute Gasteiger partial charge is 0.131 e. The first kappa shape index (κ1) is 15.8. The van der Waals surface area contributed by atoms with Crippen molar-refractivity contribution < 1.29 is 4.39 Å². The van der Waals surface area contributed by atoms with Gasteiger partial charge in [-0.15, -0.1) is 0 Å². The van der Waals surface area contributed by atoms with E-state index in [9.17, 15) is 4.39 Å². The monoisotopic (exact) mass is 309 g/mol. The van der Waals surface area contributed by atoms with E-state index >= 15 is 0 Å². The summed E-state index contributed by atoms with van der Waals surface area (Å²) in [5, 5.41) is 0. The lowest BCUT2D eigenvalue weighted by Crippen LogP contribution is -2.14. The van der Waals surface area contributed by atoms with E-state index in [1.165, 1.54) is 18.4 Å². The lowest BCUT2D eigenvalue weighted by atomic mass is 9.76. The summed E-state index contributed by atoms with van der Waals surface area (Å²) in [6.07, 6.45) is 4.58. The minimum atomic E-state index is -0.144. The Labute approximate surface area is 138 Å². The van der Waals surface area contributed by atoms with Gasteiger partial charge in [-0.3, -0.25) is 0 Å². The average Bonchev–Trinajstić information content (AvgIpc) is 2.56. The van der Waals surface area contributed by atoms with Gasteiger partial charge in [-0.05, 0) is 73.8 Å². The van der Waals surface area contributed by atoms with Crippen LogP contribution < -0.4 is 5.73 Å². The normalized spacial score (nSPS) is 21.1. The van der Waals surface area contributed by atoms with Gasteiger partial charge in [0.15, 0.2) is 0 Å². The number of nitrogen functional groups attached to an aromatic ring is 1. The van der Waals surface area contributed by atoms with E-state index in [1.807, 2.05) is 30.3 Å². The predicted molar refractivity (Wildman–Crippen MR) is 95.8 cm³/mol. The zero-order valence-corrected chi connectivity index (χ0v) is 13.7. The van der Waals surface area contributed by atoms with Crippen molar-refractivity contribution in [2.75, 3.05) is 5.73 Å². The maximum Gasteiger partial charge on any atom is 0.131 e. The first-order valence-electron chi connectivity index (χ1n) is 8.35. The van der Waals surface area contributed by atoms with Gasteiger partial charge in [0.05, 0.1) is 0 Å². The van der Waals surface area contributed by atoms with Crippen molar-refractivity contribution in [2.24, 2.45) is 5.92 Å². The van der Waals surface area contributed by atoms with Crippen LogP contribution in [0, 0.1) is 11.7 Å². The van der Waals surface area contributed by atoms with E-state index in [4.69, 9.17) is 5.73 Å². The number of nitrogens with two attached hydrogens (primary N) is 1. The number of hydrogen-bond donors (Lipinski definition) is 1. The largest absolute Gasteiger partial charge is 0.399 e. The van der Waals surface area contributed by atoms with E-state index < -0.39 is 0 Å². The van der Waals surface area contributed by atoms with E-state index in [0.717, 1.165) is 24.0 Å². The third-order valence-corrected chi connectivity index (χ3v) is 5.11. The molecule has 1 aliphatic carbocycles. The highest BCUT2D eigenvalue weighted by Crippen LogP contribution is 2.39. The molecule has 2 aromatic carbocycles. The molecule has 1 fully saturated rings. The van der Waals surface area contributed by atoms with Crippen molar-refractivity contribution in [1.82, 2.24) is 0 Å². The minimum absolute atomic E-state index is 0.144. The third-order valence-electron chi connectivity index (χ3n) is 5.11. The quantitative estimate of drug-likeness (QED) is 0.552. The molecule has 0 saturated heterocycles. The Hall–Kier alpha value is -2.09. The van der Waals surface area contributed by atoms with Crippen molar-refractivity contribution >= 4 is 5.69 Å².